The first-order valence-corrected chi connectivity index (χ1v) is 3.95. The Labute approximate surface area is 80.3 Å². The smallest absolute Gasteiger partial charge is 0.371 e. The highest BCUT2D eigenvalue weighted by atomic mass is 16.5. The van der Waals surface area contributed by atoms with E-state index in [1.807, 2.05) is 0 Å². The van der Waals surface area contributed by atoms with Gasteiger partial charge in [-0.25, -0.2) is 9.59 Å². The van der Waals surface area contributed by atoms with Crippen molar-refractivity contribution in [1.82, 2.24) is 0 Å². The van der Waals surface area contributed by atoms with Gasteiger partial charge in [0.2, 0.25) is 5.76 Å². The van der Waals surface area contributed by atoms with Crippen molar-refractivity contribution in [3.8, 4) is 0 Å². The largest absolute Gasteiger partial charge is 0.478 e. The van der Waals surface area contributed by atoms with Crippen LogP contribution >= 0.6 is 0 Å². The predicted molar refractivity (Wildman–Crippen MR) is 46.6 cm³/mol. The Kier molecular flexibility index (Phi) is 2.60. The Hall–Kier alpha value is -1.78. The molecule has 5 heteroatoms. The van der Waals surface area contributed by atoms with Crippen LogP contribution in [0.2, 0.25) is 0 Å². The molecule has 1 heterocycles. The molecule has 0 bridgehead atoms. The van der Waals surface area contributed by atoms with Crippen LogP contribution in [0.3, 0.4) is 0 Å². The topological polar surface area (TPSA) is 83.8 Å². The maximum Gasteiger partial charge on any atom is 0.371 e. The number of rotatable bonds is 3. The molecule has 1 atom stereocenters. The van der Waals surface area contributed by atoms with Crippen molar-refractivity contribution >= 4 is 11.9 Å². The van der Waals surface area contributed by atoms with Gasteiger partial charge < -0.3 is 14.9 Å². The zero-order chi connectivity index (χ0) is 10.9. The van der Waals surface area contributed by atoms with E-state index in [0.29, 0.717) is 5.57 Å². The van der Waals surface area contributed by atoms with Crippen LogP contribution in [-0.4, -0.2) is 28.3 Å². The summed E-state index contributed by atoms with van der Waals surface area (Å²) in [4.78, 5) is 21.3. The minimum absolute atomic E-state index is 0.0618. The van der Waals surface area contributed by atoms with Crippen molar-refractivity contribution in [2.24, 2.45) is 0 Å². The van der Waals surface area contributed by atoms with Gasteiger partial charge in [0.25, 0.3) is 0 Å². The van der Waals surface area contributed by atoms with E-state index in [2.05, 4.69) is 6.58 Å². The van der Waals surface area contributed by atoms with Gasteiger partial charge in [-0.2, -0.15) is 0 Å². The highest BCUT2D eigenvalue weighted by molar-refractivity contribution is 5.98. The van der Waals surface area contributed by atoms with Gasteiger partial charge in [-0.15, -0.1) is 0 Å². The average Bonchev–Trinajstić information content (AvgIpc) is 2.47. The number of aliphatic carboxylic acids is 2. The minimum atomic E-state index is -1.36. The third-order valence-electron chi connectivity index (χ3n) is 1.93. The first kappa shape index (κ1) is 10.3. The molecule has 0 aromatic rings. The number of hydrogen-bond acceptors (Lipinski definition) is 3. The van der Waals surface area contributed by atoms with E-state index in [4.69, 9.17) is 14.9 Å². The van der Waals surface area contributed by atoms with Gasteiger partial charge in [0.1, 0.15) is 6.10 Å². The molecule has 1 rings (SSSR count). The van der Waals surface area contributed by atoms with Gasteiger partial charge in [-0.05, 0) is 12.5 Å². The summed E-state index contributed by atoms with van der Waals surface area (Å²) in [5.74, 6) is -3.09. The minimum Gasteiger partial charge on any atom is -0.478 e. The Morgan fingerprint density at radius 1 is 1.43 bits per heavy atom. The fourth-order valence-electron chi connectivity index (χ4n) is 1.17. The lowest BCUT2D eigenvalue weighted by Gasteiger charge is -2.09. The van der Waals surface area contributed by atoms with Gasteiger partial charge in [0.05, 0.1) is 5.57 Å². The summed E-state index contributed by atoms with van der Waals surface area (Å²) in [6, 6.07) is 0. The molecule has 14 heavy (non-hydrogen) atoms. The maximum atomic E-state index is 10.7. The van der Waals surface area contributed by atoms with Gasteiger partial charge in [-0.3, -0.25) is 0 Å². The van der Waals surface area contributed by atoms with E-state index in [1.165, 1.54) is 0 Å². The molecule has 5 nitrogen and oxygen atoms in total. The van der Waals surface area contributed by atoms with Crippen LogP contribution in [0, 0.1) is 0 Å². The first-order valence-electron chi connectivity index (χ1n) is 3.95. The van der Waals surface area contributed by atoms with Crippen LogP contribution in [0.4, 0.5) is 0 Å². The van der Waals surface area contributed by atoms with Crippen LogP contribution in [0.15, 0.2) is 23.5 Å². The Bertz CT molecular complexity index is 313. The number of ether oxygens (including phenoxy) is 1. The van der Waals surface area contributed by atoms with Gasteiger partial charge in [0.15, 0.2) is 0 Å². The molecule has 2 N–H and O–H groups in total. The van der Waals surface area contributed by atoms with Gasteiger partial charge in [0, 0.05) is 6.42 Å². The monoisotopic (exact) mass is 198 g/mol. The molecule has 0 radical (unpaired) electrons. The van der Waals surface area contributed by atoms with Crippen molar-refractivity contribution in [2.75, 3.05) is 0 Å². The second-order valence-corrected chi connectivity index (χ2v) is 3.07. The highest BCUT2D eigenvalue weighted by Gasteiger charge is 2.34. The Balaban J connectivity index is 2.96. The van der Waals surface area contributed by atoms with Gasteiger partial charge >= 0.3 is 11.9 Å². The molecule has 0 amide bonds. The third-order valence-corrected chi connectivity index (χ3v) is 1.93. The molecule has 0 aliphatic carbocycles. The molecule has 0 spiro atoms. The SMILES string of the molecule is C=C(C)C1CC(C(=O)O)=C(C(=O)O)O1. The van der Waals surface area contributed by atoms with Crippen molar-refractivity contribution < 1.29 is 24.5 Å². The zero-order valence-corrected chi connectivity index (χ0v) is 7.61. The van der Waals surface area contributed by atoms with Crippen LogP contribution in [-0.2, 0) is 14.3 Å². The number of carbonyl (C=O) groups is 2. The number of carboxylic acid groups (broad SMARTS) is 2. The van der Waals surface area contributed by atoms with Crippen LogP contribution in [0.25, 0.3) is 0 Å². The lowest BCUT2D eigenvalue weighted by molar-refractivity contribution is -0.138. The van der Waals surface area contributed by atoms with Crippen molar-refractivity contribution in [3.63, 3.8) is 0 Å². The molecule has 0 saturated heterocycles. The summed E-state index contributed by atoms with van der Waals surface area (Å²) in [5.41, 5.74) is 0.408. The summed E-state index contributed by atoms with van der Waals surface area (Å²) in [5, 5.41) is 17.4. The lowest BCUT2D eigenvalue weighted by Crippen LogP contribution is -2.09. The standard InChI is InChI=1S/C9H10O5/c1-4(2)6-3-5(8(10)11)7(14-6)9(12)13/h6H,1,3H2,2H3,(H,10,11)(H,12,13). The van der Waals surface area contributed by atoms with Crippen molar-refractivity contribution in [3.05, 3.63) is 23.5 Å². The molecule has 76 valence electrons. The predicted octanol–water partition coefficient (Wildman–Crippen LogP) is 0.775. The Morgan fingerprint density at radius 3 is 2.29 bits per heavy atom. The molecule has 0 aromatic heterocycles. The fourth-order valence-corrected chi connectivity index (χ4v) is 1.17. The summed E-state index contributed by atoms with van der Waals surface area (Å²) < 4.78 is 4.96. The molecule has 0 aromatic carbocycles. The van der Waals surface area contributed by atoms with E-state index in [-0.39, 0.29) is 12.0 Å². The molecular weight excluding hydrogens is 188 g/mol. The molecule has 1 unspecified atom stereocenters. The normalized spacial score (nSPS) is 20.5. The lowest BCUT2D eigenvalue weighted by atomic mass is 10.1. The number of carboxylic acids is 2. The second-order valence-electron chi connectivity index (χ2n) is 3.07. The summed E-state index contributed by atoms with van der Waals surface area (Å²) >= 11 is 0. The van der Waals surface area contributed by atoms with Crippen LogP contribution in [0.1, 0.15) is 13.3 Å². The van der Waals surface area contributed by atoms with Crippen LogP contribution < -0.4 is 0 Å². The molecule has 1 aliphatic rings. The zero-order valence-electron chi connectivity index (χ0n) is 7.61. The van der Waals surface area contributed by atoms with E-state index < -0.39 is 23.8 Å². The second kappa shape index (κ2) is 3.53. The average molecular weight is 198 g/mol. The maximum absolute atomic E-state index is 10.7. The van der Waals surface area contributed by atoms with Gasteiger partial charge in [-0.1, -0.05) is 6.58 Å². The quantitative estimate of drug-likeness (QED) is 0.654. The highest BCUT2D eigenvalue weighted by Crippen LogP contribution is 2.28. The summed E-state index contributed by atoms with van der Waals surface area (Å²) in [6.45, 7) is 5.25. The van der Waals surface area contributed by atoms with E-state index in [9.17, 15) is 9.59 Å². The molecule has 1 aliphatic heterocycles. The summed E-state index contributed by atoms with van der Waals surface area (Å²) in [6.07, 6.45) is -0.473. The molecule has 0 saturated carbocycles. The fraction of sp³-hybridized carbons (Fsp3) is 0.333. The molecule has 0 fully saturated rings. The molecular formula is C9H10O5. The van der Waals surface area contributed by atoms with E-state index in [0.717, 1.165) is 0 Å². The number of hydrogen-bond donors (Lipinski definition) is 2. The van der Waals surface area contributed by atoms with Crippen molar-refractivity contribution in [2.45, 2.75) is 19.4 Å². The first-order chi connectivity index (χ1) is 6.43. The van der Waals surface area contributed by atoms with Crippen molar-refractivity contribution in [1.29, 1.82) is 0 Å². The van der Waals surface area contributed by atoms with E-state index >= 15 is 0 Å². The Morgan fingerprint density at radius 2 is 2.00 bits per heavy atom. The third kappa shape index (κ3) is 1.76. The van der Waals surface area contributed by atoms with E-state index in [1.54, 1.807) is 6.92 Å². The summed E-state index contributed by atoms with van der Waals surface area (Å²) in [7, 11) is 0. The van der Waals surface area contributed by atoms with Crippen LogP contribution in [0.5, 0.6) is 0 Å².